The molecule has 35 heavy (non-hydrogen) atoms. The van der Waals surface area contributed by atoms with Crippen molar-refractivity contribution in [1.82, 2.24) is 16.0 Å². The van der Waals surface area contributed by atoms with Crippen molar-refractivity contribution in [3.05, 3.63) is 35.4 Å². The molecule has 0 heterocycles. The number of primary amides is 1. The molecule has 10 nitrogen and oxygen atoms in total. The molecule has 0 saturated carbocycles. The molecule has 0 radical (unpaired) electrons. The Morgan fingerprint density at radius 2 is 1.57 bits per heavy atom. The normalized spacial score (nSPS) is 13.0. The minimum atomic E-state index is -0.723. The maximum absolute atomic E-state index is 13.0. The first kappa shape index (κ1) is 29.9. The van der Waals surface area contributed by atoms with Gasteiger partial charge in [-0.2, -0.15) is 0 Å². The summed E-state index contributed by atoms with van der Waals surface area (Å²) in [5.41, 5.74) is 12.3. The summed E-state index contributed by atoms with van der Waals surface area (Å²) in [6.45, 7) is 9.82. The van der Waals surface area contributed by atoms with Gasteiger partial charge in [-0.05, 0) is 57.1 Å². The number of urea groups is 1. The van der Waals surface area contributed by atoms with E-state index in [1.165, 1.54) is 0 Å². The van der Waals surface area contributed by atoms with Crippen LogP contribution >= 0.6 is 0 Å². The number of nitrogens with two attached hydrogens (primary N) is 2. The number of ketones is 1. The zero-order valence-electron chi connectivity index (χ0n) is 21.5. The van der Waals surface area contributed by atoms with Gasteiger partial charge in [0, 0.05) is 19.5 Å². The molecule has 0 aliphatic heterocycles. The predicted molar refractivity (Wildman–Crippen MR) is 135 cm³/mol. The van der Waals surface area contributed by atoms with E-state index < -0.39 is 29.8 Å². The van der Waals surface area contributed by atoms with Crippen LogP contribution in [0.1, 0.15) is 58.6 Å². The zero-order chi connectivity index (χ0) is 26.6. The van der Waals surface area contributed by atoms with Crippen LogP contribution in [0.3, 0.4) is 0 Å². The highest BCUT2D eigenvalue weighted by Gasteiger charge is 2.25. The van der Waals surface area contributed by atoms with Gasteiger partial charge in [0.25, 0.3) is 0 Å². The summed E-state index contributed by atoms with van der Waals surface area (Å²) in [4.78, 5) is 48.0. The summed E-state index contributed by atoms with van der Waals surface area (Å²) < 4.78 is 5.21. The minimum Gasteiger partial charge on any atom is -0.444 e. The van der Waals surface area contributed by atoms with Gasteiger partial charge in [0.2, 0.25) is 5.91 Å². The van der Waals surface area contributed by atoms with E-state index in [0.717, 1.165) is 11.1 Å². The van der Waals surface area contributed by atoms with Crippen LogP contribution in [0.2, 0.25) is 0 Å². The Bertz CT molecular complexity index is 849. The Balaban J connectivity index is 2.67. The Kier molecular flexibility index (Phi) is 12.2. The number of rotatable bonds is 13. The largest absolute Gasteiger partial charge is 0.444 e. The maximum atomic E-state index is 13.0. The Morgan fingerprint density at radius 1 is 0.971 bits per heavy atom. The van der Waals surface area contributed by atoms with E-state index >= 15 is 0 Å². The lowest BCUT2D eigenvalue weighted by Crippen LogP contribution is -2.50. The molecule has 7 N–H and O–H groups in total. The van der Waals surface area contributed by atoms with E-state index in [9.17, 15) is 19.2 Å². The fourth-order valence-corrected chi connectivity index (χ4v) is 3.17. The molecule has 0 aliphatic carbocycles. The molecule has 1 aromatic rings. The average molecular weight is 492 g/mol. The number of benzene rings is 1. The monoisotopic (exact) mass is 491 g/mol. The lowest BCUT2D eigenvalue weighted by Gasteiger charge is -2.22. The molecular weight excluding hydrogens is 450 g/mol. The number of nitrogens with one attached hydrogen (secondary N) is 3. The van der Waals surface area contributed by atoms with Crippen LogP contribution in [0.15, 0.2) is 24.3 Å². The molecule has 1 aromatic carbocycles. The maximum Gasteiger partial charge on any atom is 0.407 e. The lowest BCUT2D eigenvalue weighted by molar-refractivity contribution is -0.129. The van der Waals surface area contributed by atoms with Crippen LogP contribution in [0.4, 0.5) is 9.59 Å². The Hall–Kier alpha value is -3.14. The van der Waals surface area contributed by atoms with E-state index in [-0.39, 0.29) is 24.0 Å². The SMILES string of the molecule is CC(C)[C@@H](N)C(=O)NC(CCCNC(N)=O)C(=O)Cc1ccc(CCNC(=O)OC(C)(C)C)cc1. The van der Waals surface area contributed by atoms with Gasteiger partial charge in [-0.1, -0.05) is 38.1 Å². The standard InChI is InChI=1S/C25H41N5O5/c1-16(2)21(26)22(32)30-19(7-6-13-28-23(27)33)20(31)15-18-10-8-17(9-11-18)12-14-29-24(34)35-25(3,4)5/h8-11,16,19,21H,6-7,12-15,26H2,1-5H3,(H,29,34)(H,30,32)(H3,27,28,33)/t19?,21-/m1/s1. The summed E-state index contributed by atoms with van der Waals surface area (Å²) in [6.07, 6.45) is 1.12. The van der Waals surface area contributed by atoms with Crippen molar-refractivity contribution in [1.29, 1.82) is 0 Å². The zero-order valence-corrected chi connectivity index (χ0v) is 21.5. The predicted octanol–water partition coefficient (Wildman–Crippen LogP) is 1.78. The molecular formula is C25H41N5O5. The number of hydrogen-bond donors (Lipinski definition) is 5. The van der Waals surface area contributed by atoms with Gasteiger partial charge < -0.3 is 32.2 Å². The molecule has 1 rings (SSSR count). The van der Waals surface area contributed by atoms with E-state index in [1.54, 1.807) is 20.8 Å². The third-order valence-electron chi connectivity index (χ3n) is 5.18. The highest BCUT2D eigenvalue weighted by molar-refractivity contribution is 5.92. The molecule has 0 fully saturated rings. The van der Waals surface area contributed by atoms with Crippen molar-refractivity contribution in [3.8, 4) is 0 Å². The topological polar surface area (TPSA) is 166 Å². The molecule has 4 amide bonds. The van der Waals surface area contributed by atoms with E-state index in [4.69, 9.17) is 16.2 Å². The number of hydrogen-bond acceptors (Lipinski definition) is 6. The summed E-state index contributed by atoms with van der Waals surface area (Å²) in [5.74, 6) is -0.596. The average Bonchev–Trinajstić information content (AvgIpc) is 2.74. The Morgan fingerprint density at radius 3 is 2.11 bits per heavy atom. The van der Waals surface area contributed by atoms with Crippen molar-refractivity contribution in [2.24, 2.45) is 17.4 Å². The van der Waals surface area contributed by atoms with Crippen LogP contribution in [-0.2, 0) is 27.2 Å². The van der Waals surface area contributed by atoms with Gasteiger partial charge in [-0.25, -0.2) is 9.59 Å². The van der Waals surface area contributed by atoms with Crippen LogP contribution in [0.5, 0.6) is 0 Å². The van der Waals surface area contributed by atoms with Gasteiger partial charge in [-0.3, -0.25) is 9.59 Å². The third-order valence-corrected chi connectivity index (χ3v) is 5.18. The fourth-order valence-electron chi connectivity index (χ4n) is 3.17. The Labute approximate surface area is 207 Å². The second-order valence-electron chi connectivity index (χ2n) is 9.90. The molecule has 2 atom stereocenters. The van der Waals surface area contributed by atoms with Crippen molar-refractivity contribution in [2.45, 2.75) is 78.0 Å². The molecule has 196 valence electrons. The summed E-state index contributed by atoms with van der Waals surface area (Å²) in [7, 11) is 0. The number of carbonyl (C=O) groups excluding carboxylic acids is 4. The number of Topliss-reactive ketones (excluding diaryl/α,β-unsaturated/α-hetero) is 1. The van der Waals surface area contributed by atoms with Crippen molar-refractivity contribution in [3.63, 3.8) is 0 Å². The van der Waals surface area contributed by atoms with E-state index in [1.807, 2.05) is 38.1 Å². The molecule has 0 aliphatic rings. The van der Waals surface area contributed by atoms with Gasteiger partial charge in [0.05, 0.1) is 12.1 Å². The molecule has 1 unspecified atom stereocenters. The van der Waals surface area contributed by atoms with Crippen LogP contribution in [0, 0.1) is 5.92 Å². The van der Waals surface area contributed by atoms with Gasteiger partial charge >= 0.3 is 12.1 Å². The molecule has 0 spiro atoms. The quantitative estimate of drug-likeness (QED) is 0.264. The first-order valence-corrected chi connectivity index (χ1v) is 11.9. The second-order valence-corrected chi connectivity index (χ2v) is 9.90. The molecule has 0 bridgehead atoms. The fraction of sp³-hybridized carbons (Fsp3) is 0.600. The van der Waals surface area contributed by atoms with Crippen LogP contribution in [0.25, 0.3) is 0 Å². The van der Waals surface area contributed by atoms with Gasteiger partial charge in [0.1, 0.15) is 5.60 Å². The summed E-state index contributed by atoms with van der Waals surface area (Å²) in [5, 5.41) is 7.96. The third kappa shape index (κ3) is 12.8. The van der Waals surface area contributed by atoms with E-state index in [2.05, 4.69) is 16.0 Å². The van der Waals surface area contributed by atoms with E-state index in [0.29, 0.717) is 32.4 Å². The van der Waals surface area contributed by atoms with Crippen molar-refractivity contribution < 1.29 is 23.9 Å². The van der Waals surface area contributed by atoms with Gasteiger partial charge in [0.15, 0.2) is 5.78 Å². The molecule has 0 saturated heterocycles. The minimum absolute atomic E-state index is 0.0698. The number of carbonyl (C=O) groups is 4. The summed E-state index contributed by atoms with van der Waals surface area (Å²) in [6, 6.07) is 5.43. The number of alkyl carbamates (subject to hydrolysis) is 1. The van der Waals surface area contributed by atoms with Crippen LogP contribution < -0.4 is 27.4 Å². The first-order valence-electron chi connectivity index (χ1n) is 11.9. The smallest absolute Gasteiger partial charge is 0.407 e. The lowest BCUT2D eigenvalue weighted by atomic mass is 9.97. The second kappa shape index (κ2) is 14.3. The van der Waals surface area contributed by atoms with Crippen LogP contribution in [-0.4, -0.2) is 54.6 Å². The van der Waals surface area contributed by atoms with Crippen molar-refractivity contribution in [2.75, 3.05) is 13.1 Å². The number of amides is 4. The first-order chi connectivity index (χ1) is 16.3. The summed E-state index contributed by atoms with van der Waals surface area (Å²) >= 11 is 0. The highest BCUT2D eigenvalue weighted by atomic mass is 16.6. The molecule has 10 heteroatoms. The number of ether oxygens (including phenoxy) is 1. The molecule has 0 aromatic heterocycles. The highest BCUT2D eigenvalue weighted by Crippen LogP contribution is 2.11. The van der Waals surface area contributed by atoms with Crippen molar-refractivity contribution >= 4 is 23.8 Å². The van der Waals surface area contributed by atoms with Gasteiger partial charge in [-0.15, -0.1) is 0 Å².